The summed E-state index contributed by atoms with van der Waals surface area (Å²) in [5.74, 6) is -1.50. The minimum Gasteiger partial charge on any atom is -0.481 e. The Hall–Kier alpha value is -2.61. The van der Waals surface area contributed by atoms with Gasteiger partial charge in [-0.3, -0.25) is 14.4 Å². The van der Waals surface area contributed by atoms with Crippen molar-refractivity contribution in [2.45, 2.75) is 58.4 Å². The number of aliphatic carboxylic acids is 1. The summed E-state index contributed by atoms with van der Waals surface area (Å²) in [6, 6.07) is 3.56. The van der Waals surface area contributed by atoms with Crippen molar-refractivity contribution in [3.63, 3.8) is 0 Å². The van der Waals surface area contributed by atoms with Crippen LogP contribution in [0.3, 0.4) is 0 Å². The van der Waals surface area contributed by atoms with E-state index in [1.165, 1.54) is 11.3 Å². The lowest BCUT2D eigenvalue weighted by Gasteiger charge is -2.27. The number of furan rings is 1. The highest BCUT2D eigenvalue weighted by Crippen LogP contribution is 2.40. The zero-order valence-corrected chi connectivity index (χ0v) is 18.4. The number of carbonyl (C=O) groups is 3. The number of anilines is 1. The van der Waals surface area contributed by atoms with Gasteiger partial charge in [0.1, 0.15) is 10.8 Å². The lowest BCUT2D eigenvalue weighted by molar-refractivity contribution is -0.147. The van der Waals surface area contributed by atoms with Gasteiger partial charge >= 0.3 is 5.97 Å². The van der Waals surface area contributed by atoms with Gasteiger partial charge in [-0.15, -0.1) is 11.3 Å². The highest BCUT2D eigenvalue weighted by atomic mass is 32.1. The normalized spacial score (nSPS) is 23.1. The van der Waals surface area contributed by atoms with Gasteiger partial charge in [0.15, 0.2) is 0 Å². The average molecular weight is 445 g/mol. The summed E-state index contributed by atoms with van der Waals surface area (Å²) in [5, 5.41) is 15.9. The SMILES string of the molecule is CC1CCc2c(sc(NC(=O)C3CCCCC3C(=O)O)c2C(=O)NCc2ccco2)C1. The number of carboxylic acid groups (broad SMARTS) is 1. The van der Waals surface area contributed by atoms with Crippen LogP contribution in [-0.4, -0.2) is 22.9 Å². The standard InChI is InChI=1S/C23H28N2O5S/c1-13-8-9-17-18(11-13)31-22(19(17)21(27)24-12-14-5-4-10-30-14)25-20(26)15-6-2-3-7-16(15)23(28)29/h4-5,10,13,15-16H,2-3,6-9,11-12H2,1H3,(H,24,27)(H,25,26)(H,28,29). The quantitative estimate of drug-likeness (QED) is 0.618. The molecule has 8 heteroatoms. The van der Waals surface area contributed by atoms with Crippen molar-refractivity contribution in [2.75, 3.05) is 5.32 Å². The van der Waals surface area contributed by atoms with Crippen molar-refractivity contribution in [3.8, 4) is 0 Å². The summed E-state index contributed by atoms with van der Waals surface area (Å²) >= 11 is 1.46. The van der Waals surface area contributed by atoms with Gasteiger partial charge in [0.2, 0.25) is 5.91 Å². The van der Waals surface area contributed by atoms with E-state index in [-0.39, 0.29) is 18.4 Å². The number of nitrogens with one attached hydrogen (secondary N) is 2. The predicted molar refractivity (Wildman–Crippen MR) is 117 cm³/mol. The Morgan fingerprint density at radius 3 is 2.68 bits per heavy atom. The molecule has 2 aliphatic carbocycles. The van der Waals surface area contributed by atoms with Gasteiger partial charge in [0.05, 0.1) is 30.2 Å². The summed E-state index contributed by atoms with van der Waals surface area (Å²) in [4.78, 5) is 39.0. The van der Waals surface area contributed by atoms with Gasteiger partial charge < -0.3 is 20.2 Å². The van der Waals surface area contributed by atoms with Crippen LogP contribution in [0.5, 0.6) is 0 Å². The molecule has 1 fully saturated rings. The largest absolute Gasteiger partial charge is 0.481 e. The molecule has 4 rings (SSSR count). The fraction of sp³-hybridized carbons (Fsp3) is 0.522. The maximum absolute atomic E-state index is 13.1. The third kappa shape index (κ3) is 4.69. The predicted octanol–water partition coefficient (Wildman–Crippen LogP) is 4.23. The highest BCUT2D eigenvalue weighted by molar-refractivity contribution is 7.17. The molecule has 0 aliphatic heterocycles. The van der Waals surface area contributed by atoms with Crippen molar-refractivity contribution in [2.24, 2.45) is 17.8 Å². The van der Waals surface area contributed by atoms with E-state index in [2.05, 4.69) is 17.6 Å². The second kappa shape index (κ2) is 9.26. The Bertz CT molecular complexity index is 965. The van der Waals surface area contributed by atoms with E-state index in [1.54, 1.807) is 18.4 Å². The molecule has 0 radical (unpaired) electrons. The van der Waals surface area contributed by atoms with Crippen LogP contribution >= 0.6 is 11.3 Å². The van der Waals surface area contributed by atoms with E-state index in [0.29, 0.717) is 35.1 Å². The van der Waals surface area contributed by atoms with E-state index in [9.17, 15) is 19.5 Å². The van der Waals surface area contributed by atoms with Gasteiger partial charge in [-0.2, -0.15) is 0 Å². The first-order valence-corrected chi connectivity index (χ1v) is 11.7. The zero-order valence-electron chi connectivity index (χ0n) is 17.6. The molecule has 3 atom stereocenters. The summed E-state index contributed by atoms with van der Waals surface area (Å²) in [7, 11) is 0. The van der Waals surface area contributed by atoms with Gasteiger partial charge in [0, 0.05) is 4.88 Å². The van der Waals surface area contributed by atoms with Gasteiger partial charge in [-0.05, 0) is 55.7 Å². The Kier molecular flexibility index (Phi) is 6.46. The van der Waals surface area contributed by atoms with Crippen LogP contribution in [0, 0.1) is 17.8 Å². The van der Waals surface area contributed by atoms with Crippen LogP contribution in [0.1, 0.15) is 65.6 Å². The van der Waals surface area contributed by atoms with Crippen molar-refractivity contribution in [1.82, 2.24) is 5.32 Å². The van der Waals surface area contributed by atoms with Gasteiger partial charge in [-0.25, -0.2) is 0 Å². The topological polar surface area (TPSA) is 109 Å². The minimum absolute atomic E-state index is 0.239. The maximum atomic E-state index is 13.1. The fourth-order valence-corrected chi connectivity index (χ4v) is 6.10. The Morgan fingerprint density at radius 2 is 1.97 bits per heavy atom. The first-order valence-electron chi connectivity index (χ1n) is 10.9. The Morgan fingerprint density at radius 1 is 1.19 bits per heavy atom. The first kappa shape index (κ1) is 21.6. The summed E-state index contributed by atoms with van der Waals surface area (Å²) in [5.41, 5.74) is 1.53. The molecule has 0 spiro atoms. The number of amides is 2. The van der Waals surface area contributed by atoms with Crippen molar-refractivity contribution in [3.05, 3.63) is 40.2 Å². The fourth-order valence-electron chi connectivity index (χ4n) is 4.69. The molecular weight excluding hydrogens is 416 g/mol. The van der Waals surface area contributed by atoms with E-state index >= 15 is 0 Å². The molecule has 0 aromatic carbocycles. The maximum Gasteiger partial charge on any atom is 0.307 e. The van der Waals surface area contributed by atoms with Crippen molar-refractivity contribution >= 4 is 34.1 Å². The average Bonchev–Trinajstić information content (AvgIpc) is 3.39. The Labute approximate surface area is 185 Å². The number of carbonyl (C=O) groups excluding carboxylic acids is 2. The van der Waals surface area contributed by atoms with Crippen LogP contribution in [0.2, 0.25) is 0 Å². The molecule has 2 aliphatic rings. The van der Waals surface area contributed by atoms with Crippen LogP contribution < -0.4 is 10.6 Å². The molecule has 166 valence electrons. The van der Waals surface area contributed by atoms with Crippen molar-refractivity contribution in [1.29, 1.82) is 0 Å². The van der Waals surface area contributed by atoms with E-state index < -0.39 is 17.8 Å². The number of thiophene rings is 1. The van der Waals surface area contributed by atoms with E-state index in [1.807, 2.05) is 0 Å². The lowest BCUT2D eigenvalue weighted by Crippen LogP contribution is -2.36. The lowest BCUT2D eigenvalue weighted by atomic mass is 9.78. The number of rotatable bonds is 6. The molecule has 3 N–H and O–H groups in total. The molecule has 7 nitrogen and oxygen atoms in total. The number of carboxylic acids is 1. The molecule has 1 saturated carbocycles. The van der Waals surface area contributed by atoms with Crippen LogP contribution in [-0.2, 0) is 29.0 Å². The molecule has 2 aromatic rings. The monoisotopic (exact) mass is 444 g/mol. The third-order valence-corrected chi connectivity index (χ3v) is 7.57. The van der Waals surface area contributed by atoms with Crippen LogP contribution in [0.25, 0.3) is 0 Å². The molecule has 31 heavy (non-hydrogen) atoms. The van der Waals surface area contributed by atoms with Gasteiger partial charge in [0.25, 0.3) is 5.91 Å². The second-order valence-electron chi connectivity index (χ2n) is 8.64. The van der Waals surface area contributed by atoms with Crippen molar-refractivity contribution < 1.29 is 23.9 Å². The molecule has 0 saturated heterocycles. The summed E-state index contributed by atoms with van der Waals surface area (Å²) < 4.78 is 5.30. The first-order chi connectivity index (χ1) is 14.9. The summed E-state index contributed by atoms with van der Waals surface area (Å²) in [6.07, 6.45) is 6.99. The zero-order chi connectivity index (χ0) is 22.0. The third-order valence-electron chi connectivity index (χ3n) is 6.40. The highest BCUT2D eigenvalue weighted by Gasteiger charge is 2.37. The molecule has 2 heterocycles. The number of fused-ring (bicyclic) bond motifs is 1. The van der Waals surface area contributed by atoms with Gasteiger partial charge in [-0.1, -0.05) is 19.8 Å². The smallest absolute Gasteiger partial charge is 0.307 e. The Balaban J connectivity index is 1.58. The number of hydrogen-bond acceptors (Lipinski definition) is 5. The minimum atomic E-state index is -0.921. The molecule has 3 unspecified atom stereocenters. The molecular formula is C23H28N2O5S. The van der Waals surface area contributed by atoms with E-state index in [0.717, 1.165) is 42.5 Å². The molecule has 0 bridgehead atoms. The molecule has 2 aromatic heterocycles. The summed E-state index contributed by atoms with van der Waals surface area (Å²) in [6.45, 7) is 2.46. The van der Waals surface area contributed by atoms with E-state index in [4.69, 9.17) is 4.42 Å². The number of hydrogen-bond donors (Lipinski definition) is 3. The molecule has 2 amide bonds. The van der Waals surface area contributed by atoms with Crippen LogP contribution in [0.4, 0.5) is 5.00 Å². The second-order valence-corrected chi connectivity index (χ2v) is 9.75. The van der Waals surface area contributed by atoms with Crippen LogP contribution in [0.15, 0.2) is 22.8 Å².